The van der Waals surface area contributed by atoms with Gasteiger partial charge in [-0.05, 0) is 36.8 Å². The summed E-state index contributed by atoms with van der Waals surface area (Å²) in [7, 11) is 0. The molecule has 0 spiro atoms. The molecule has 8 heteroatoms. The number of hydrogen-bond acceptors (Lipinski definition) is 3. The lowest BCUT2D eigenvalue weighted by Gasteiger charge is -2.12. The Kier molecular flexibility index (Phi) is 9.30. The molecular formula is C22H25ClF3NO3. The zero-order chi connectivity index (χ0) is 22.0. The van der Waals surface area contributed by atoms with E-state index in [1.54, 1.807) is 24.3 Å². The van der Waals surface area contributed by atoms with E-state index in [1.165, 1.54) is 25.3 Å². The number of anilines is 1. The highest BCUT2D eigenvalue weighted by atomic mass is 35.5. The molecule has 0 saturated carbocycles. The minimum Gasteiger partial charge on any atom is -0.493 e. The molecule has 30 heavy (non-hydrogen) atoms. The number of halogens is 4. The summed E-state index contributed by atoms with van der Waals surface area (Å²) in [6, 6.07) is 10.1. The smallest absolute Gasteiger partial charge is 0.417 e. The van der Waals surface area contributed by atoms with Gasteiger partial charge in [0.25, 0.3) is 5.91 Å². The molecule has 0 aliphatic carbocycles. The molecule has 1 amide bonds. The molecule has 0 heterocycles. The molecule has 0 atom stereocenters. The largest absolute Gasteiger partial charge is 0.493 e. The van der Waals surface area contributed by atoms with Crippen molar-refractivity contribution in [2.45, 2.75) is 45.2 Å². The van der Waals surface area contributed by atoms with Gasteiger partial charge in [0.1, 0.15) is 11.5 Å². The van der Waals surface area contributed by atoms with Gasteiger partial charge in [-0.2, -0.15) is 13.2 Å². The molecule has 0 bridgehead atoms. The van der Waals surface area contributed by atoms with Gasteiger partial charge in [-0.3, -0.25) is 4.79 Å². The summed E-state index contributed by atoms with van der Waals surface area (Å²) in [6.07, 6.45) is 1.08. The first kappa shape index (κ1) is 23.9. The molecule has 1 N–H and O–H groups in total. The van der Waals surface area contributed by atoms with Crippen molar-refractivity contribution in [2.75, 3.05) is 18.5 Å². The fraction of sp³-hybridized carbons (Fsp3) is 0.409. The van der Waals surface area contributed by atoms with Crippen molar-refractivity contribution in [3.8, 4) is 11.5 Å². The van der Waals surface area contributed by atoms with Crippen molar-refractivity contribution in [2.24, 2.45) is 0 Å². The molecule has 2 aromatic rings. The Labute approximate surface area is 179 Å². The van der Waals surface area contributed by atoms with Gasteiger partial charge in [0.05, 0.1) is 17.2 Å². The fourth-order valence-corrected chi connectivity index (χ4v) is 2.94. The van der Waals surface area contributed by atoms with Crippen LogP contribution in [0.5, 0.6) is 11.5 Å². The van der Waals surface area contributed by atoms with E-state index < -0.39 is 22.7 Å². The summed E-state index contributed by atoms with van der Waals surface area (Å²) in [5, 5.41) is 1.94. The number of unbranched alkanes of at least 4 members (excludes halogenated alkanes) is 4. The average Bonchev–Trinajstić information content (AvgIpc) is 2.70. The first-order chi connectivity index (χ1) is 14.3. The molecule has 4 nitrogen and oxygen atoms in total. The van der Waals surface area contributed by atoms with E-state index in [1.807, 2.05) is 0 Å². The van der Waals surface area contributed by atoms with Crippen molar-refractivity contribution in [3.63, 3.8) is 0 Å². The number of ether oxygens (including phenoxy) is 2. The molecule has 0 fully saturated rings. The summed E-state index contributed by atoms with van der Waals surface area (Å²) in [5.74, 6) is 0.476. The van der Waals surface area contributed by atoms with Gasteiger partial charge < -0.3 is 14.8 Å². The number of alkyl halides is 3. The van der Waals surface area contributed by atoms with Crippen molar-refractivity contribution < 1.29 is 27.4 Å². The number of nitrogens with one attached hydrogen (secondary N) is 1. The number of hydrogen-bond donors (Lipinski definition) is 1. The van der Waals surface area contributed by atoms with Gasteiger partial charge in [-0.25, -0.2) is 0 Å². The number of benzene rings is 2. The zero-order valence-corrected chi connectivity index (χ0v) is 17.5. The topological polar surface area (TPSA) is 47.6 Å². The lowest BCUT2D eigenvalue weighted by Crippen LogP contribution is -2.20. The van der Waals surface area contributed by atoms with E-state index in [0.29, 0.717) is 18.1 Å². The minimum absolute atomic E-state index is 0.0134. The Morgan fingerprint density at radius 2 is 1.70 bits per heavy atom. The normalized spacial score (nSPS) is 11.2. The summed E-state index contributed by atoms with van der Waals surface area (Å²) >= 11 is 5.57. The third-order valence-electron chi connectivity index (χ3n) is 4.25. The number of amides is 1. The maximum Gasteiger partial charge on any atom is 0.417 e. The second kappa shape index (κ2) is 11.7. The zero-order valence-electron chi connectivity index (χ0n) is 16.7. The predicted molar refractivity (Wildman–Crippen MR) is 111 cm³/mol. The minimum atomic E-state index is -4.61. The summed E-state index contributed by atoms with van der Waals surface area (Å²) in [5.41, 5.74) is -1.03. The number of carbonyl (C=O) groups is 1. The Balaban J connectivity index is 1.82. The van der Waals surface area contributed by atoms with Crippen LogP contribution in [0.15, 0.2) is 42.5 Å². The van der Waals surface area contributed by atoms with E-state index in [-0.39, 0.29) is 12.3 Å². The summed E-state index contributed by atoms with van der Waals surface area (Å²) in [6.45, 7) is 2.41. The highest BCUT2D eigenvalue weighted by Gasteiger charge is 2.33. The molecule has 2 aromatic carbocycles. The van der Waals surface area contributed by atoms with Crippen LogP contribution in [0.1, 0.15) is 44.6 Å². The molecule has 0 aromatic heterocycles. The number of rotatable bonds is 11. The van der Waals surface area contributed by atoms with E-state index in [0.717, 1.165) is 25.0 Å². The quantitative estimate of drug-likeness (QED) is 0.392. The molecule has 164 valence electrons. The van der Waals surface area contributed by atoms with Crippen LogP contribution in [0, 0.1) is 0 Å². The lowest BCUT2D eigenvalue weighted by atomic mass is 10.2. The molecule has 0 saturated heterocycles. The maximum atomic E-state index is 12.9. The van der Waals surface area contributed by atoms with Crippen LogP contribution in [-0.4, -0.2) is 19.1 Å². The first-order valence-corrected chi connectivity index (χ1v) is 10.2. The average molecular weight is 444 g/mol. The van der Waals surface area contributed by atoms with Crippen molar-refractivity contribution in [1.29, 1.82) is 0 Å². The van der Waals surface area contributed by atoms with E-state index in [2.05, 4.69) is 12.2 Å². The van der Waals surface area contributed by atoms with Crippen LogP contribution in [0.2, 0.25) is 5.02 Å². The van der Waals surface area contributed by atoms with Crippen LogP contribution in [0.4, 0.5) is 18.9 Å². The van der Waals surface area contributed by atoms with Gasteiger partial charge in [-0.15, -0.1) is 0 Å². The van der Waals surface area contributed by atoms with Gasteiger partial charge in [-0.1, -0.05) is 50.3 Å². The third-order valence-corrected chi connectivity index (χ3v) is 4.58. The summed E-state index contributed by atoms with van der Waals surface area (Å²) in [4.78, 5) is 12.0. The van der Waals surface area contributed by atoms with Crippen LogP contribution >= 0.6 is 11.6 Å². The molecule has 0 unspecified atom stereocenters. The standard InChI is InChI=1S/C22H25ClF3NO3/c1-2-3-4-5-6-12-29-17-8-7-9-18(14-17)30-15-21(28)27-16-10-11-20(23)19(13-16)22(24,25)26/h7-11,13-14H,2-6,12,15H2,1H3,(H,27,28). The Morgan fingerprint density at radius 3 is 2.40 bits per heavy atom. The van der Waals surface area contributed by atoms with Crippen molar-refractivity contribution >= 4 is 23.2 Å². The highest BCUT2D eigenvalue weighted by molar-refractivity contribution is 6.31. The molecule has 0 aliphatic rings. The van der Waals surface area contributed by atoms with Crippen LogP contribution < -0.4 is 14.8 Å². The van der Waals surface area contributed by atoms with Crippen LogP contribution in [-0.2, 0) is 11.0 Å². The maximum absolute atomic E-state index is 12.9. The summed E-state index contributed by atoms with van der Waals surface area (Å²) < 4.78 is 49.8. The third kappa shape index (κ3) is 8.14. The molecule has 0 aliphatic heterocycles. The SMILES string of the molecule is CCCCCCCOc1cccc(OCC(=O)Nc2ccc(Cl)c(C(F)(F)F)c2)c1. The van der Waals surface area contributed by atoms with E-state index in [9.17, 15) is 18.0 Å². The molecular weight excluding hydrogens is 419 g/mol. The lowest BCUT2D eigenvalue weighted by molar-refractivity contribution is -0.137. The van der Waals surface area contributed by atoms with Crippen LogP contribution in [0.3, 0.4) is 0 Å². The molecule has 0 radical (unpaired) electrons. The van der Waals surface area contributed by atoms with Gasteiger partial charge in [0.15, 0.2) is 6.61 Å². The van der Waals surface area contributed by atoms with Crippen molar-refractivity contribution in [1.82, 2.24) is 0 Å². The monoisotopic (exact) mass is 443 g/mol. The van der Waals surface area contributed by atoms with Crippen molar-refractivity contribution in [3.05, 3.63) is 53.1 Å². The fourth-order valence-electron chi connectivity index (χ4n) is 2.72. The first-order valence-electron chi connectivity index (χ1n) is 9.82. The van der Waals surface area contributed by atoms with E-state index in [4.69, 9.17) is 21.1 Å². The highest BCUT2D eigenvalue weighted by Crippen LogP contribution is 2.36. The van der Waals surface area contributed by atoms with Gasteiger partial charge in [0.2, 0.25) is 0 Å². The predicted octanol–water partition coefficient (Wildman–Crippen LogP) is 6.73. The Morgan fingerprint density at radius 1 is 1.00 bits per heavy atom. The second-order valence-electron chi connectivity index (χ2n) is 6.77. The Hall–Kier alpha value is -2.41. The van der Waals surface area contributed by atoms with E-state index >= 15 is 0 Å². The van der Waals surface area contributed by atoms with Crippen LogP contribution in [0.25, 0.3) is 0 Å². The molecule has 2 rings (SSSR count). The van der Waals surface area contributed by atoms with Gasteiger partial charge >= 0.3 is 6.18 Å². The van der Waals surface area contributed by atoms with Gasteiger partial charge in [0, 0.05) is 11.8 Å². The number of carbonyl (C=O) groups excluding carboxylic acids is 1. The Bertz CT molecular complexity index is 828. The second-order valence-corrected chi connectivity index (χ2v) is 7.17.